The van der Waals surface area contributed by atoms with Gasteiger partial charge in [0.05, 0.1) is 5.67 Å². The van der Waals surface area contributed by atoms with E-state index in [4.69, 9.17) is 9.42 Å². The SMILES string of the molecule is CCC(/N=C(\C)CC(C)C)[SiH]1CCCCO1. The van der Waals surface area contributed by atoms with Gasteiger partial charge in [-0.2, -0.15) is 0 Å². The standard InChI is InChI=1S/C13H27NOSi/c1-5-13(14-12(4)10-11(2)3)16-9-7-6-8-15-16/h11,13,16H,5-10H2,1-4H3/b14-12+. The number of hydrogen-bond acceptors (Lipinski definition) is 2. The van der Waals surface area contributed by atoms with Crippen molar-refractivity contribution in [3.8, 4) is 0 Å². The van der Waals surface area contributed by atoms with Crippen LogP contribution >= 0.6 is 0 Å². The van der Waals surface area contributed by atoms with Crippen LogP contribution in [0.3, 0.4) is 0 Å². The number of aliphatic imine (C=N–C) groups is 1. The van der Waals surface area contributed by atoms with E-state index in [0.29, 0.717) is 5.67 Å². The summed E-state index contributed by atoms with van der Waals surface area (Å²) in [5.41, 5.74) is 1.85. The third kappa shape index (κ3) is 4.79. The number of rotatable bonds is 5. The average Bonchev–Trinajstić information content (AvgIpc) is 2.26. The molecule has 94 valence electrons. The summed E-state index contributed by atoms with van der Waals surface area (Å²) in [6.07, 6.45) is 4.92. The molecule has 0 bridgehead atoms. The van der Waals surface area contributed by atoms with Gasteiger partial charge in [-0.3, -0.25) is 4.99 Å². The molecule has 1 fully saturated rings. The van der Waals surface area contributed by atoms with Gasteiger partial charge in [-0.25, -0.2) is 0 Å². The molecule has 2 atom stereocenters. The average molecular weight is 241 g/mol. The minimum absolute atomic E-state index is 0.527. The summed E-state index contributed by atoms with van der Waals surface area (Å²) in [5.74, 6) is 0.718. The molecular formula is C13H27NOSi. The van der Waals surface area contributed by atoms with Gasteiger partial charge in [-0.1, -0.05) is 27.2 Å². The van der Waals surface area contributed by atoms with Crippen LogP contribution in [-0.2, 0) is 4.43 Å². The summed E-state index contributed by atoms with van der Waals surface area (Å²) in [7, 11) is -1.03. The Bertz CT molecular complexity index is 222. The Kier molecular flexibility index (Phi) is 6.28. The lowest BCUT2D eigenvalue weighted by molar-refractivity contribution is 0.279. The Morgan fingerprint density at radius 3 is 2.62 bits per heavy atom. The third-order valence-electron chi connectivity index (χ3n) is 3.15. The van der Waals surface area contributed by atoms with E-state index in [2.05, 4.69) is 27.7 Å². The van der Waals surface area contributed by atoms with Gasteiger partial charge in [0.1, 0.15) is 0 Å². The first kappa shape index (κ1) is 13.9. The Labute approximate surface area is 102 Å². The molecule has 0 aliphatic carbocycles. The molecule has 0 amide bonds. The lowest BCUT2D eigenvalue weighted by atomic mass is 10.1. The third-order valence-corrected chi connectivity index (χ3v) is 6.27. The highest BCUT2D eigenvalue weighted by atomic mass is 28.3. The van der Waals surface area contributed by atoms with E-state index < -0.39 is 9.04 Å². The molecule has 1 heterocycles. The monoisotopic (exact) mass is 241 g/mol. The van der Waals surface area contributed by atoms with Gasteiger partial charge in [0.15, 0.2) is 0 Å². The maximum Gasteiger partial charge on any atom is 0.201 e. The summed E-state index contributed by atoms with van der Waals surface area (Å²) in [5, 5.41) is 0. The van der Waals surface area contributed by atoms with Gasteiger partial charge in [0, 0.05) is 12.3 Å². The molecule has 0 aromatic rings. The van der Waals surface area contributed by atoms with Crippen LogP contribution in [0.15, 0.2) is 4.99 Å². The van der Waals surface area contributed by atoms with Crippen LogP contribution in [-0.4, -0.2) is 27.0 Å². The van der Waals surface area contributed by atoms with Crippen molar-refractivity contribution in [2.24, 2.45) is 10.9 Å². The highest BCUT2D eigenvalue weighted by Gasteiger charge is 2.24. The molecule has 16 heavy (non-hydrogen) atoms. The van der Waals surface area contributed by atoms with Crippen molar-refractivity contribution in [3.05, 3.63) is 0 Å². The number of nitrogens with zero attached hydrogens (tertiary/aromatic N) is 1. The van der Waals surface area contributed by atoms with Gasteiger partial charge in [0.2, 0.25) is 9.04 Å². The van der Waals surface area contributed by atoms with Crippen molar-refractivity contribution in [1.82, 2.24) is 0 Å². The normalized spacial score (nSPS) is 24.8. The van der Waals surface area contributed by atoms with E-state index in [1.807, 2.05) is 0 Å². The molecule has 2 unspecified atom stereocenters. The lowest BCUT2D eigenvalue weighted by Gasteiger charge is -2.26. The van der Waals surface area contributed by atoms with Gasteiger partial charge in [-0.15, -0.1) is 0 Å². The molecule has 3 heteroatoms. The zero-order chi connectivity index (χ0) is 12.0. The second-order valence-corrected chi connectivity index (χ2v) is 8.10. The van der Waals surface area contributed by atoms with Crippen molar-refractivity contribution in [1.29, 1.82) is 0 Å². The van der Waals surface area contributed by atoms with Crippen molar-refractivity contribution in [2.75, 3.05) is 6.61 Å². The largest absolute Gasteiger partial charge is 0.418 e. The van der Waals surface area contributed by atoms with E-state index in [1.54, 1.807) is 0 Å². The fourth-order valence-corrected chi connectivity index (χ4v) is 5.31. The predicted molar refractivity (Wildman–Crippen MR) is 73.8 cm³/mol. The summed E-state index contributed by atoms with van der Waals surface area (Å²) < 4.78 is 5.97. The van der Waals surface area contributed by atoms with Crippen LogP contribution in [0.25, 0.3) is 0 Å². The Balaban J connectivity index is 2.51. The van der Waals surface area contributed by atoms with E-state index in [1.165, 1.54) is 24.6 Å². The molecule has 0 saturated carbocycles. The molecule has 0 radical (unpaired) electrons. The zero-order valence-electron chi connectivity index (χ0n) is 11.3. The number of hydrogen-bond donors (Lipinski definition) is 0. The summed E-state index contributed by atoms with van der Waals surface area (Å²) in [4.78, 5) is 4.91. The maximum absolute atomic E-state index is 5.97. The molecule has 0 N–H and O–H groups in total. The van der Waals surface area contributed by atoms with Crippen molar-refractivity contribution in [2.45, 2.75) is 65.1 Å². The van der Waals surface area contributed by atoms with Crippen molar-refractivity contribution in [3.63, 3.8) is 0 Å². The first-order valence-corrected chi connectivity index (χ1v) is 8.73. The van der Waals surface area contributed by atoms with Crippen LogP contribution in [0, 0.1) is 5.92 Å². The molecule has 1 aliphatic heterocycles. The van der Waals surface area contributed by atoms with Crippen molar-refractivity contribution >= 4 is 14.8 Å². The second kappa shape index (κ2) is 7.23. The molecule has 1 rings (SSSR count). The molecule has 0 aromatic carbocycles. The fourth-order valence-electron chi connectivity index (χ4n) is 2.43. The molecule has 2 nitrogen and oxygen atoms in total. The van der Waals surface area contributed by atoms with Crippen LogP contribution < -0.4 is 0 Å². The van der Waals surface area contributed by atoms with Gasteiger partial charge >= 0.3 is 0 Å². The summed E-state index contributed by atoms with van der Waals surface area (Å²) in [6.45, 7) is 9.94. The summed E-state index contributed by atoms with van der Waals surface area (Å²) >= 11 is 0. The van der Waals surface area contributed by atoms with Crippen LogP contribution in [0.2, 0.25) is 6.04 Å². The smallest absolute Gasteiger partial charge is 0.201 e. The Hall–Kier alpha value is -0.153. The maximum atomic E-state index is 5.97. The van der Waals surface area contributed by atoms with Crippen LogP contribution in [0.1, 0.15) is 53.4 Å². The van der Waals surface area contributed by atoms with Crippen LogP contribution in [0.4, 0.5) is 0 Å². The molecule has 0 aromatic heterocycles. The lowest BCUT2D eigenvalue weighted by Crippen LogP contribution is -2.36. The first-order valence-electron chi connectivity index (χ1n) is 6.78. The topological polar surface area (TPSA) is 21.6 Å². The van der Waals surface area contributed by atoms with E-state index in [-0.39, 0.29) is 0 Å². The predicted octanol–water partition coefficient (Wildman–Crippen LogP) is 3.35. The quantitative estimate of drug-likeness (QED) is 0.534. The van der Waals surface area contributed by atoms with E-state index >= 15 is 0 Å². The first-order chi connectivity index (χ1) is 7.63. The van der Waals surface area contributed by atoms with Crippen molar-refractivity contribution < 1.29 is 4.43 Å². The van der Waals surface area contributed by atoms with E-state index in [0.717, 1.165) is 25.4 Å². The summed E-state index contributed by atoms with van der Waals surface area (Å²) in [6, 6.07) is 1.33. The minimum atomic E-state index is -1.03. The zero-order valence-corrected chi connectivity index (χ0v) is 12.5. The van der Waals surface area contributed by atoms with Crippen LogP contribution in [0.5, 0.6) is 0 Å². The van der Waals surface area contributed by atoms with Gasteiger partial charge in [0.25, 0.3) is 0 Å². The molecule has 0 spiro atoms. The highest BCUT2D eigenvalue weighted by molar-refractivity contribution is 6.54. The second-order valence-electron chi connectivity index (χ2n) is 5.34. The Morgan fingerprint density at radius 2 is 2.12 bits per heavy atom. The van der Waals surface area contributed by atoms with Gasteiger partial charge in [-0.05, 0) is 38.1 Å². The molecule has 1 aliphatic rings. The molecular weight excluding hydrogens is 214 g/mol. The van der Waals surface area contributed by atoms with Gasteiger partial charge < -0.3 is 4.43 Å². The minimum Gasteiger partial charge on any atom is -0.418 e. The Morgan fingerprint density at radius 1 is 1.38 bits per heavy atom. The highest BCUT2D eigenvalue weighted by Crippen LogP contribution is 2.18. The fraction of sp³-hybridized carbons (Fsp3) is 0.923. The van der Waals surface area contributed by atoms with E-state index in [9.17, 15) is 0 Å². The molecule has 1 saturated heterocycles.